The first kappa shape index (κ1) is 19.0. The van der Waals surface area contributed by atoms with Crippen molar-refractivity contribution in [3.63, 3.8) is 0 Å². The molecule has 4 rings (SSSR count). The van der Waals surface area contributed by atoms with E-state index in [1.54, 1.807) is 41.3 Å². The van der Waals surface area contributed by atoms with Gasteiger partial charge in [0.15, 0.2) is 0 Å². The Morgan fingerprint density at radius 3 is 2.43 bits per heavy atom. The number of anilines is 1. The summed E-state index contributed by atoms with van der Waals surface area (Å²) < 4.78 is 0.554. The van der Waals surface area contributed by atoms with Crippen LogP contribution in [0.2, 0.25) is 4.34 Å². The van der Waals surface area contributed by atoms with Crippen molar-refractivity contribution in [1.82, 2.24) is 10.2 Å². The number of nitrogens with one attached hydrogen (secondary N) is 1. The molecule has 2 saturated heterocycles. The topological polar surface area (TPSA) is 69.7 Å². The standard InChI is InChI=1S/C20H20ClN3O3S/c21-17-8-7-16(28-17)19(26)22-14-11-18(25)24(12-14)15-5-3-13(4-6-15)20(27)23-9-1-2-10-23/h3-8,14H,1-2,9-12H2,(H,22,26)/t14-/m1/s1. The molecule has 3 amide bonds. The fraction of sp³-hybridized carbons (Fsp3) is 0.350. The molecule has 8 heteroatoms. The van der Waals surface area contributed by atoms with Gasteiger partial charge in [-0.15, -0.1) is 11.3 Å². The first-order chi connectivity index (χ1) is 13.5. The van der Waals surface area contributed by atoms with Crippen LogP contribution in [-0.4, -0.2) is 48.3 Å². The summed E-state index contributed by atoms with van der Waals surface area (Å²) in [5.41, 5.74) is 1.37. The van der Waals surface area contributed by atoms with Crippen molar-refractivity contribution >= 4 is 46.3 Å². The molecule has 6 nitrogen and oxygen atoms in total. The van der Waals surface area contributed by atoms with Gasteiger partial charge in [0.25, 0.3) is 11.8 Å². The SMILES string of the molecule is O=C(N[C@@H]1CC(=O)N(c2ccc(C(=O)N3CCCC3)cc2)C1)c1ccc(Cl)s1. The van der Waals surface area contributed by atoms with Gasteiger partial charge in [-0.2, -0.15) is 0 Å². The van der Waals surface area contributed by atoms with Gasteiger partial charge in [-0.05, 0) is 49.2 Å². The lowest BCUT2D eigenvalue weighted by Crippen LogP contribution is -2.36. The van der Waals surface area contributed by atoms with Crippen molar-refractivity contribution in [1.29, 1.82) is 0 Å². The van der Waals surface area contributed by atoms with E-state index in [1.165, 1.54) is 11.3 Å². The van der Waals surface area contributed by atoms with Crippen molar-refractivity contribution < 1.29 is 14.4 Å². The lowest BCUT2D eigenvalue weighted by molar-refractivity contribution is -0.117. The summed E-state index contributed by atoms with van der Waals surface area (Å²) in [7, 11) is 0. The summed E-state index contributed by atoms with van der Waals surface area (Å²) in [6.07, 6.45) is 2.35. The number of amides is 3. The number of carbonyl (C=O) groups excluding carboxylic acids is 3. The van der Waals surface area contributed by atoms with Crippen LogP contribution in [0, 0.1) is 0 Å². The summed E-state index contributed by atoms with van der Waals surface area (Å²) in [6, 6.07) is 10.2. The van der Waals surface area contributed by atoms with Crippen molar-refractivity contribution in [2.75, 3.05) is 24.5 Å². The molecule has 3 heterocycles. The van der Waals surface area contributed by atoms with E-state index in [0.29, 0.717) is 21.3 Å². The molecule has 2 aliphatic heterocycles. The monoisotopic (exact) mass is 417 g/mol. The average molecular weight is 418 g/mol. The van der Waals surface area contributed by atoms with E-state index in [4.69, 9.17) is 11.6 Å². The van der Waals surface area contributed by atoms with Crippen molar-refractivity contribution in [2.24, 2.45) is 0 Å². The van der Waals surface area contributed by atoms with Crippen LogP contribution in [0.5, 0.6) is 0 Å². The maximum Gasteiger partial charge on any atom is 0.261 e. The van der Waals surface area contributed by atoms with E-state index in [-0.39, 0.29) is 30.2 Å². The minimum absolute atomic E-state index is 0.0385. The number of halogens is 1. The highest BCUT2D eigenvalue weighted by Gasteiger charge is 2.32. The summed E-state index contributed by atoms with van der Waals surface area (Å²) >= 11 is 7.08. The van der Waals surface area contributed by atoms with Gasteiger partial charge in [-0.3, -0.25) is 14.4 Å². The highest BCUT2D eigenvalue weighted by atomic mass is 35.5. The van der Waals surface area contributed by atoms with E-state index in [1.807, 2.05) is 4.90 Å². The van der Waals surface area contributed by atoms with Crippen molar-refractivity contribution in [2.45, 2.75) is 25.3 Å². The molecule has 28 heavy (non-hydrogen) atoms. The Morgan fingerprint density at radius 1 is 1.07 bits per heavy atom. The van der Waals surface area contributed by atoms with E-state index in [2.05, 4.69) is 5.32 Å². The lowest BCUT2D eigenvalue weighted by atomic mass is 10.1. The number of carbonyl (C=O) groups is 3. The number of likely N-dealkylation sites (tertiary alicyclic amines) is 1. The molecule has 0 bridgehead atoms. The van der Waals surface area contributed by atoms with Gasteiger partial charge in [0, 0.05) is 37.3 Å². The molecule has 1 atom stereocenters. The van der Waals surface area contributed by atoms with Gasteiger partial charge in [-0.1, -0.05) is 11.6 Å². The lowest BCUT2D eigenvalue weighted by Gasteiger charge is -2.19. The van der Waals surface area contributed by atoms with Gasteiger partial charge in [0.1, 0.15) is 0 Å². The van der Waals surface area contributed by atoms with E-state index < -0.39 is 0 Å². The molecule has 2 fully saturated rings. The van der Waals surface area contributed by atoms with E-state index in [0.717, 1.165) is 31.6 Å². The molecule has 1 N–H and O–H groups in total. The van der Waals surface area contributed by atoms with Crippen LogP contribution in [0.3, 0.4) is 0 Å². The minimum atomic E-state index is -0.258. The zero-order valence-corrected chi connectivity index (χ0v) is 16.8. The Morgan fingerprint density at radius 2 is 1.79 bits per heavy atom. The molecule has 0 aliphatic carbocycles. The maximum absolute atomic E-state index is 12.4. The molecule has 1 aromatic carbocycles. The molecule has 1 aromatic heterocycles. The quantitative estimate of drug-likeness (QED) is 0.830. The molecule has 0 unspecified atom stereocenters. The normalized spacial score (nSPS) is 19.3. The first-order valence-electron chi connectivity index (χ1n) is 9.27. The summed E-state index contributed by atoms with van der Waals surface area (Å²) in [5.74, 6) is -0.229. The van der Waals surface area contributed by atoms with Crippen molar-refractivity contribution in [3.05, 3.63) is 51.2 Å². The second-order valence-corrected chi connectivity index (χ2v) is 8.74. The highest BCUT2D eigenvalue weighted by Crippen LogP contribution is 2.25. The Balaban J connectivity index is 1.39. The Kier molecular flexibility index (Phi) is 5.37. The molecular weight excluding hydrogens is 398 g/mol. The largest absolute Gasteiger partial charge is 0.346 e. The molecule has 0 saturated carbocycles. The third kappa shape index (κ3) is 3.91. The zero-order chi connectivity index (χ0) is 19.7. The van der Waals surface area contributed by atoms with Crippen LogP contribution in [-0.2, 0) is 4.79 Å². The number of benzene rings is 1. The van der Waals surface area contributed by atoms with E-state index >= 15 is 0 Å². The van der Waals surface area contributed by atoms with Gasteiger partial charge < -0.3 is 15.1 Å². The van der Waals surface area contributed by atoms with Crippen LogP contribution in [0.4, 0.5) is 5.69 Å². The fourth-order valence-electron chi connectivity index (χ4n) is 3.63. The smallest absolute Gasteiger partial charge is 0.261 e. The number of hydrogen-bond acceptors (Lipinski definition) is 4. The molecule has 0 radical (unpaired) electrons. The summed E-state index contributed by atoms with van der Waals surface area (Å²) in [5, 5.41) is 2.89. The van der Waals surface area contributed by atoms with Crippen LogP contribution >= 0.6 is 22.9 Å². The number of rotatable bonds is 4. The molecular formula is C20H20ClN3O3S. The predicted molar refractivity (Wildman–Crippen MR) is 109 cm³/mol. The fourth-order valence-corrected chi connectivity index (χ4v) is 4.58. The van der Waals surface area contributed by atoms with Gasteiger partial charge in [0.2, 0.25) is 5.91 Å². The predicted octanol–water partition coefficient (Wildman–Crippen LogP) is 3.17. The van der Waals surface area contributed by atoms with Crippen LogP contribution < -0.4 is 10.2 Å². The third-order valence-corrected chi connectivity index (χ3v) is 6.31. The summed E-state index contributed by atoms with van der Waals surface area (Å²) in [6.45, 7) is 2.02. The number of nitrogens with zero attached hydrogens (tertiary/aromatic N) is 2. The number of thiophene rings is 1. The van der Waals surface area contributed by atoms with Crippen LogP contribution in [0.15, 0.2) is 36.4 Å². The first-order valence-corrected chi connectivity index (χ1v) is 10.5. The second kappa shape index (κ2) is 7.93. The van der Waals surface area contributed by atoms with Gasteiger partial charge >= 0.3 is 0 Å². The average Bonchev–Trinajstić information content (AvgIpc) is 3.43. The zero-order valence-electron chi connectivity index (χ0n) is 15.2. The minimum Gasteiger partial charge on any atom is -0.346 e. The summed E-state index contributed by atoms with van der Waals surface area (Å²) in [4.78, 5) is 41.2. The third-order valence-electron chi connectivity index (χ3n) is 5.08. The molecule has 2 aromatic rings. The Labute approximate surface area is 172 Å². The second-order valence-electron chi connectivity index (χ2n) is 7.03. The van der Waals surface area contributed by atoms with Crippen LogP contribution in [0.1, 0.15) is 39.3 Å². The maximum atomic E-state index is 12.4. The van der Waals surface area contributed by atoms with Gasteiger partial charge in [-0.25, -0.2) is 0 Å². The van der Waals surface area contributed by atoms with Gasteiger partial charge in [0.05, 0.1) is 15.3 Å². The highest BCUT2D eigenvalue weighted by molar-refractivity contribution is 7.18. The Bertz CT molecular complexity index is 906. The Hall–Kier alpha value is -2.38. The van der Waals surface area contributed by atoms with E-state index in [9.17, 15) is 14.4 Å². The number of hydrogen-bond donors (Lipinski definition) is 1. The molecule has 146 valence electrons. The molecule has 0 spiro atoms. The van der Waals surface area contributed by atoms with Crippen molar-refractivity contribution in [3.8, 4) is 0 Å². The van der Waals surface area contributed by atoms with Crippen LogP contribution in [0.25, 0.3) is 0 Å². The molecule has 2 aliphatic rings.